The van der Waals surface area contributed by atoms with Crippen molar-refractivity contribution in [2.24, 2.45) is 0 Å². The maximum atomic E-state index is 13.9. The SMILES string of the molecule is O=C(NS(=O)(=O)c1ccc(N2CCC(O)C2)nc1)c1cnn2ccc(N3CCCC3c3cc(F)cc(F)c3)cc12. The van der Waals surface area contributed by atoms with Gasteiger partial charge < -0.3 is 14.9 Å². The Morgan fingerprint density at radius 3 is 2.52 bits per heavy atom. The third-order valence-corrected chi connectivity index (χ3v) is 8.67. The largest absolute Gasteiger partial charge is 0.391 e. The fourth-order valence-corrected chi connectivity index (χ4v) is 6.33. The molecule has 2 unspecified atom stereocenters. The number of aliphatic hydroxyl groups is 1. The molecule has 0 saturated carbocycles. The molecule has 1 aromatic carbocycles. The van der Waals surface area contributed by atoms with E-state index in [0.717, 1.165) is 12.5 Å². The van der Waals surface area contributed by atoms with Gasteiger partial charge in [-0.15, -0.1) is 0 Å². The quantitative estimate of drug-likeness (QED) is 0.364. The number of β-amino-alcohol motifs (C(OH)–C–C–N with tert-alkyl or cyclic N) is 1. The number of amides is 1. The van der Waals surface area contributed by atoms with E-state index in [4.69, 9.17) is 0 Å². The Labute approximate surface area is 228 Å². The molecule has 2 N–H and O–H groups in total. The average molecular weight is 569 g/mol. The van der Waals surface area contributed by atoms with Gasteiger partial charge in [0, 0.05) is 43.8 Å². The van der Waals surface area contributed by atoms with Crippen LogP contribution in [-0.4, -0.2) is 59.8 Å². The molecule has 6 rings (SSSR count). The number of halogens is 2. The van der Waals surface area contributed by atoms with Crippen molar-refractivity contribution in [2.45, 2.75) is 36.3 Å². The van der Waals surface area contributed by atoms with Crippen LogP contribution in [0.25, 0.3) is 5.52 Å². The Bertz CT molecular complexity index is 1670. The van der Waals surface area contributed by atoms with Crippen molar-refractivity contribution in [3.8, 4) is 0 Å². The second kappa shape index (κ2) is 10.1. The molecule has 0 radical (unpaired) electrons. The highest BCUT2D eigenvalue weighted by molar-refractivity contribution is 7.90. The molecular weight excluding hydrogens is 542 g/mol. The number of sulfonamides is 1. The standard InChI is InChI=1S/C27H26F2N6O4S/c28-18-10-17(11-19(29)12-18)24-2-1-7-34(24)20-5-9-35-25(13-20)23(15-31-35)27(37)32-40(38,39)22-3-4-26(30-14-22)33-8-6-21(36)16-33/h3-5,9-15,21,24,36H,1-2,6-8,16H2,(H,32,37). The van der Waals surface area contributed by atoms with E-state index in [1.54, 1.807) is 18.3 Å². The molecule has 0 aliphatic carbocycles. The predicted octanol–water partition coefficient (Wildman–Crippen LogP) is 3.04. The van der Waals surface area contributed by atoms with Gasteiger partial charge in [-0.3, -0.25) is 4.79 Å². The molecule has 0 spiro atoms. The zero-order valence-corrected chi connectivity index (χ0v) is 22.1. The molecule has 2 aliphatic heterocycles. The number of aromatic nitrogens is 3. The molecule has 2 saturated heterocycles. The molecule has 2 aliphatic rings. The van der Waals surface area contributed by atoms with Gasteiger partial charge in [-0.2, -0.15) is 5.10 Å². The minimum atomic E-state index is -4.23. The smallest absolute Gasteiger partial charge is 0.268 e. The van der Waals surface area contributed by atoms with Gasteiger partial charge in [0.05, 0.1) is 29.4 Å². The zero-order chi connectivity index (χ0) is 28.0. The first-order valence-electron chi connectivity index (χ1n) is 12.8. The third kappa shape index (κ3) is 4.97. The number of hydrogen-bond donors (Lipinski definition) is 2. The van der Waals surface area contributed by atoms with Crippen LogP contribution < -0.4 is 14.5 Å². The molecule has 40 heavy (non-hydrogen) atoms. The lowest BCUT2D eigenvalue weighted by Gasteiger charge is -2.27. The minimum Gasteiger partial charge on any atom is -0.391 e. The lowest BCUT2D eigenvalue weighted by Crippen LogP contribution is -2.31. The highest BCUT2D eigenvalue weighted by Crippen LogP contribution is 2.37. The van der Waals surface area contributed by atoms with E-state index in [9.17, 15) is 27.1 Å². The summed E-state index contributed by atoms with van der Waals surface area (Å²) in [6.07, 6.45) is 5.78. The van der Waals surface area contributed by atoms with Gasteiger partial charge in [-0.05, 0) is 61.2 Å². The molecule has 0 bridgehead atoms. The van der Waals surface area contributed by atoms with E-state index in [-0.39, 0.29) is 16.5 Å². The van der Waals surface area contributed by atoms with E-state index in [2.05, 4.69) is 14.8 Å². The average Bonchev–Trinajstić information content (AvgIpc) is 3.67. The second-order valence-corrected chi connectivity index (χ2v) is 11.7. The number of nitrogens with zero attached hydrogens (tertiary/aromatic N) is 5. The zero-order valence-electron chi connectivity index (χ0n) is 21.2. The van der Waals surface area contributed by atoms with Crippen LogP contribution in [0.3, 0.4) is 0 Å². The van der Waals surface area contributed by atoms with Crippen molar-refractivity contribution in [3.63, 3.8) is 0 Å². The van der Waals surface area contributed by atoms with Gasteiger partial charge in [0.15, 0.2) is 0 Å². The van der Waals surface area contributed by atoms with Crippen LogP contribution in [0.2, 0.25) is 0 Å². The van der Waals surface area contributed by atoms with E-state index >= 15 is 0 Å². The van der Waals surface area contributed by atoms with E-state index in [0.29, 0.717) is 55.1 Å². The summed E-state index contributed by atoms with van der Waals surface area (Å²) in [5.74, 6) is -1.61. The van der Waals surface area contributed by atoms with E-state index in [1.165, 1.54) is 41.2 Å². The van der Waals surface area contributed by atoms with Gasteiger partial charge in [-0.1, -0.05) is 0 Å². The molecule has 208 valence electrons. The van der Waals surface area contributed by atoms with Gasteiger partial charge in [-0.25, -0.2) is 31.4 Å². The number of pyridine rings is 2. The lowest BCUT2D eigenvalue weighted by atomic mass is 10.0. The number of anilines is 2. The fourth-order valence-electron chi connectivity index (χ4n) is 5.42. The first kappa shape index (κ1) is 26.1. The molecule has 4 aromatic rings. The monoisotopic (exact) mass is 568 g/mol. The number of carbonyl (C=O) groups excluding carboxylic acids is 1. The molecule has 5 heterocycles. The molecule has 3 aromatic heterocycles. The van der Waals surface area contributed by atoms with Crippen molar-refractivity contribution in [1.29, 1.82) is 0 Å². The van der Waals surface area contributed by atoms with Crippen molar-refractivity contribution >= 4 is 33.0 Å². The van der Waals surface area contributed by atoms with E-state index in [1.807, 2.05) is 9.80 Å². The Balaban J connectivity index is 1.23. The predicted molar refractivity (Wildman–Crippen MR) is 143 cm³/mol. The summed E-state index contributed by atoms with van der Waals surface area (Å²) in [5, 5.41) is 13.9. The van der Waals surface area contributed by atoms with Crippen molar-refractivity contribution in [2.75, 3.05) is 29.4 Å². The number of rotatable bonds is 6. The summed E-state index contributed by atoms with van der Waals surface area (Å²) in [4.78, 5) is 21.0. The maximum Gasteiger partial charge on any atom is 0.268 e. The normalized spacial score (nSPS) is 19.5. The van der Waals surface area contributed by atoms with Crippen LogP contribution in [-0.2, 0) is 10.0 Å². The Morgan fingerprint density at radius 1 is 1.02 bits per heavy atom. The fraction of sp³-hybridized carbons (Fsp3) is 0.296. The van der Waals surface area contributed by atoms with Gasteiger partial charge in [0.2, 0.25) is 0 Å². The van der Waals surface area contributed by atoms with Crippen LogP contribution in [0.15, 0.2) is 66.0 Å². The number of carbonyl (C=O) groups is 1. The number of fused-ring (bicyclic) bond motifs is 1. The van der Waals surface area contributed by atoms with Crippen LogP contribution >= 0.6 is 0 Å². The van der Waals surface area contributed by atoms with Crippen LogP contribution in [0.4, 0.5) is 20.3 Å². The molecule has 2 fully saturated rings. The maximum absolute atomic E-state index is 13.9. The topological polar surface area (TPSA) is 120 Å². The summed E-state index contributed by atoms with van der Waals surface area (Å²) in [7, 11) is -4.23. The molecule has 2 atom stereocenters. The number of aliphatic hydroxyl groups excluding tert-OH is 1. The Morgan fingerprint density at radius 2 is 1.82 bits per heavy atom. The van der Waals surface area contributed by atoms with Crippen molar-refractivity contribution in [1.82, 2.24) is 19.3 Å². The number of benzene rings is 1. The highest BCUT2D eigenvalue weighted by Gasteiger charge is 2.29. The lowest BCUT2D eigenvalue weighted by molar-refractivity contribution is 0.0983. The van der Waals surface area contributed by atoms with Crippen LogP contribution in [0.1, 0.15) is 41.2 Å². The van der Waals surface area contributed by atoms with Gasteiger partial charge in [0.1, 0.15) is 22.3 Å². The number of nitrogens with one attached hydrogen (secondary N) is 1. The summed E-state index contributed by atoms with van der Waals surface area (Å²) in [5.41, 5.74) is 1.66. The second-order valence-electron chi connectivity index (χ2n) is 10.0. The van der Waals surface area contributed by atoms with Crippen molar-refractivity contribution in [3.05, 3.63) is 83.8 Å². The molecule has 10 nitrogen and oxygen atoms in total. The summed E-state index contributed by atoms with van der Waals surface area (Å²) in [6.45, 7) is 1.68. The Kier molecular flexibility index (Phi) is 6.62. The third-order valence-electron chi connectivity index (χ3n) is 7.35. The first-order valence-corrected chi connectivity index (χ1v) is 14.3. The van der Waals surface area contributed by atoms with Crippen molar-refractivity contribution < 1.29 is 27.1 Å². The first-order chi connectivity index (χ1) is 19.2. The molecule has 13 heteroatoms. The summed E-state index contributed by atoms with van der Waals surface area (Å²) >= 11 is 0. The summed E-state index contributed by atoms with van der Waals surface area (Å²) in [6, 6.07) is 9.62. The van der Waals surface area contributed by atoms with Crippen LogP contribution in [0, 0.1) is 11.6 Å². The Hall–Kier alpha value is -4.10. The van der Waals surface area contributed by atoms with Gasteiger partial charge in [0.25, 0.3) is 15.9 Å². The van der Waals surface area contributed by atoms with E-state index < -0.39 is 33.7 Å². The number of hydrogen-bond acceptors (Lipinski definition) is 8. The minimum absolute atomic E-state index is 0.0496. The molecular formula is C27H26F2N6O4S. The highest BCUT2D eigenvalue weighted by atomic mass is 32.2. The summed E-state index contributed by atoms with van der Waals surface area (Å²) < 4.78 is 57.3. The molecule has 1 amide bonds. The van der Waals surface area contributed by atoms with Crippen LogP contribution in [0.5, 0.6) is 0 Å². The van der Waals surface area contributed by atoms with Gasteiger partial charge >= 0.3 is 0 Å².